The van der Waals surface area contributed by atoms with Crippen molar-refractivity contribution >= 4 is 33.3 Å². The second-order valence-electron chi connectivity index (χ2n) is 7.92. The molecule has 0 fully saturated rings. The van der Waals surface area contributed by atoms with E-state index in [4.69, 9.17) is 9.47 Å². The van der Waals surface area contributed by atoms with E-state index in [2.05, 4.69) is 24.1 Å². The second-order valence-corrected chi connectivity index (χ2v) is 7.92. The van der Waals surface area contributed by atoms with Crippen LogP contribution in [0.3, 0.4) is 0 Å². The Morgan fingerprint density at radius 2 is 1.84 bits per heavy atom. The van der Waals surface area contributed by atoms with Crippen molar-refractivity contribution in [2.24, 2.45) is 16.1 Å². The van der Waals surface area contributed by atoms with E-state index in [0.29, 0.717) is 29.3 Å². The summed E-state index contributed by atoms with van der Waals surface area (Å²) in [7, 11) is 1.57. The summed E-state index contributed by atoms with van der Waals surface area (Å²) in [6.07, 6.45) is 0. The maximum atomic E-state index is 12.4. The minimum Gasteiger partial charge on any atom is -0.497 e. The average molecular weight is 431 g/mol. The van der Waals surface area contributed by atoms with Gasteiger partial charge in [0.1, 0.15) is 11.5 Å². The number of methoxy groups -OCH3 is 1. The number of benzene rings is 3. The molecule has 0 saturated heterocycles. The molecule has 7 heteroatoms. The Bertz CT molecular complexity index is 1300. The normalized spacial score (nSPS) is 11.6. The molecule has 7 nitrogen and oxygen atoms in total. The molecule has 0 spiro atoms. The number of hydrogen-bond donors (Lipinski definition) is 1. The van der Waals surface area contributed by atoms with Crippen LogP contribution in [0.4, 0.5) is 5.69 Å². The summed E-state index contributed by atoms with van der Waals surface area (Å²) in [5, 5.41) is 21.3. The molecule has 1 N–H and O–H groups in total. The van der Waals surface area contributed by atoms with E-state index in [1.165, 1.54) is 0 Å². The van der Waals surface area contributed by atoms with Crippen molar-refractivity contribution < 1.29 is 19.4 Å². The first-order chi connectivity index (χ1) is 15.5. The minimum absolute atomic E-state index is 0.0338. The van der Waals surface area contributed by atoms with E-state index in [-0.39, 0.29) is 18.2 Å². The van der Waals surface area contributed by atoms with Crippen molar-refractivity contribution in [3.8, 4) is 17.4 Å². The van der Waals surface area contributed by atoms with Crippen LogP contribution in [0.1, 0.15) is 13.8 Å². The molecule has 0 aliphatic rings. The fraction of sp³-hybridized carbons (Fsp3) is 0.240. The van der Waals surface area contributed by atoms with E-state index < -0.39 is 5.91 Å². The van der Waals surface area contributed by atoms with E-state index in [9.17, 15) is 9.90 Å². The Morgan fingerprint density at radius 1 is 1.06 bits per heavy atom. The van der Waals surface area contributed by atoms with Crippen LogP contribution >= 0.6 is 0 Å². The number of rotatable bonds is 7. The summed E-state index contributed by atoms with van der Waals surface area (Å²) in [5.41, 5.74) is 1.03. The largest absolute Gasteiger partial charge is 0.497 e. The lowest BCUT2D eigenvalue weighted by Crippen LogP contribution is -2.08. The zero-order valence-corrected chi connectivity index (χ0v) is 18.3. The van der Waals surface area contributed by atoms with Crippen LogP contribution in [-0.4, -0.2) is 29.3 Å². The molecule has 32 heavy (non-hydrogen) atoms. The van der Waals surface area contributed by atoms with Gasteiger partial charge >= 0.3 is 5.91 Å². The van der Waals surface area contributed by atoms with Gasteiger partial charge in [0.25, 0.3) is 0 Å². The first-order valence-electron chi connectivity index (χ1n) is 10.4. The van der Waals surface area contributed by atoms with Gasteiger partial charge in [-0.3, -0.25) is 4.79 Å². The number of amides is 1. The van der Waals surface area contributed by atoms with Crippen LogP contribution < -0.4 is 9.47 Å². The molecule has 1 heterocycles. The van der Waals surface area contributed by atoms with Crippen LogP contribution in [0.5, 0.6) is 17.4 Å². The molecule has 0 radical (unpaired) electrons. The molecule has 1 amide bonds. The predicted molar refractivity (Wildman–Crippen MR) is 124 cm³/mol. The Labute approximate surface area is 185 Å². The summed E-state index contributed by atoms with van der Waals surface area (Å²) in [5.74, 6) is 0.951. The molecule has 164 valence electrons. The van der Waals surface area contributed by atoms with E-state index in [0.717, 1.165) is 16.3 Å². The summed E-state index contributed by atoms with van der Waals surface area (Å²) < 4.78 is 12.8. The zero-order chi connectivity index (χ0) is 22.7. The highest BCUT2D eigenvalue weighted by molar-refractivity contribution is 5.96. The third kappa shape index (κ3) is 4.27. The molecule has 4 aromatic rings. The maximum absolute atomic E-state index is 12.4. The number of carbonyl (C=O) groups is 1. The maximum Gasteiger partial charge on any atom is 0.302 e. The van der Waals surface area contributed by atoms with E-state index in [1.807, 2.05) is 54.6 Å². The summed E-state index contributed by atoms with van der Waals surface area (Å²) >= 11 is 0. The number of ether oxygens (including phenoxy) is 2. The number of aromatic nitrogens is 1. The van der Waals surface area contributed by atoms with Crippen LogP contribution in [0.15, 0.2) is 70.9 Å². The van der Waals surface area contributed by atoms with Crippen molar-refractivity contribution in [3.63, 3.8) is 0 Å². The summed E-state index contributed by atoms with van der Waals surface area (Å²) in [4.78, 5) is 12.4. The van der Waals surface area contributed by atoms with Crippen LogP contribution in [0.25, 0.3) is 21.7 Å². The Kier molecular flexibility index (Phi) is 6.07. The Balaban J connectivity index is 1.58. The summed E-state index contributed by atoms with van der Waals surface area (Å²) in [6.45, 7) is 4.46. The van der Waals surface area contributed by atoms with Crippen LogP contribution in [0, 0.1) is 5.92 Å². The van der Waals surface area contributed by atoms with Gasteiger partial charge in [0.2, 0.25) is 5.88 Å². The van der Waals surface area contributed by atoms with Gasteiger partial charge in [0.05, 0.1) is 12.6 Å². The van der Waals surface area contributed by atoms with Gasteiger partial charge in [0, 0.05) is 17.3 Å². The third-order valence-corrected chi connectivity index (χ3v) is 5.13. The topological polar surface area (TPSA) is 85.4 Å². The van der Waals surface area contributed by atoms with Crippen molar-refractivity contribution in [3.05, 3.63) is 60.7 Å². The van der Waals surface area contributed by atoms with Crippen LogP contribution in [0.2, 0.25) is 0 Å². The molecule has 0 aliphatic heterocycles. The number of fused-ring (bicyclic) bond motifs is 2. The first kappa shape index (κ1) is 21.4. The first-order valence-corrected chi connectivity index (χ1v) is 10.4. The van der Waals surface area contributed by atoms with E-state index >= 15 is 0 Å². The molecule has 0 saturated carbocycles. The fourth-order valence-electron chi connectivity index (χ4n) is 3.67. The lowest BCUT2D eigenvalue weighted by Gasteiger charge is -2.09. The number of azo groups is 1. The molecule has 0 atom stereocenters. The van der Waals surface area contributed by atoms with Crippen molar-refractivity contribution in [2.75, 3.05) is 13.7 Å². The molecule has 0 unspecified atom stereocenters. The average Bonchev–Trinajstić information content (AvgIpc) is 3.05. The molecule has 1 aromatic heterocycles. The molecular weight excluding hydrogens is 406 g/mol. The number of hydrogen-bond acceptors (Lipinski definition) is 5. The molecule has 0 bridgehead atoms. The highest BCUT2D eigenvalue weighted by Gasteiger charge is 2.18. The summed E-state index contributed by atoms with van der Waals surface area (Å²) in [6, 6.07) is 18.9. The highest BCUT2D eigenvalue weighted by atomic mass is 16.5. The Morgan fingerprint density at radius 3 is 2.62 bits per heavy atom. The van der Waals surface area contributed by atoms with Gasteiger partial charge in [-0.2, -0.15) is 0 Å². The van der Waals surface area contributed by atoms with Gasteiger partial charge in [-0.1, -0.05) is 50.2 Å². The second kappa shape index (κ2) is 9.09. The standard InChI is InChI=1S/C25H25N3O4/c1-16(2)14-28-21-12-11-18(31-3)13-20(21)24(25(28)30)27-26-23(29)15-32-22-10-6-8-17-7-4-5-9-19(17)22/h4-13,16,30H,14-15H2,1-3H3. The van der Waals surface area contributed by atoms with Gasteiger partial charge in [-0.05, 0) is 35.6 Å². The molecule has 3 aromatic carbocycles. The van der Waals surface area contributed by atoms with Crippen molar-refractivity contribution in [1.82, 2.24) is 4.57 Å². The fourth-order valence-corrected chi connectivity index (χ4v) is 3.67. The number of nitrogens with zero attached hydrogens (tertiary/aromatic N) is 3. The minimum atomic E-state index is -0.551. The van der Waals surface area contributed by atoms with E-state index in [1.54, 1.807) is 17.7 Å². The van der Waals surface area contributed by atoms with Gasteiger partial charge in [-0.25, -0.2) is 0 Å². The highest BCUT2D eigenvalue weighted by Crippen LogP contribution is 2.41. The lowest BCUT2D eigenvalue weighted by molar-refractivity contribution is -0.120. The smallest absolute Gasteiger partial charge is 0.302 e. The quantitative estimate of drug-likeness (QED) is 0.372. The van der Waals surface area contributed by atoms with Crippen molar-refractivity contribution in [1.29, 1.82) is 0 Å². The van der Waals surface area contributed by atoms with Crippen LogP contribution in [-0.2, 0) is 11.3 Å². The van der Waals surface area contributed by atoms with Crippen molar-refractivity contribution in [2.45, 2.75) is 20.4 Å². The van der Waals surface area contributed by atoms with Gasteiger partial charge < -0.3 is 19.1 Å². The van der Waals surface area contributed by atoms with Gasteiger partial charge in [-0.15, -0.1) is 10.2 Å². The molecule has 4 rings (SSSR count). The SMILES string of the molecule is COc1ccc2c(c1)c(N=NC(=O)COc1cccc3ccccc13)c(O)n2CC(C)C. The number of carbonyl (C=O) groups excluding carboxylic acids is 1. The predicted octanol–water partition coefficient (Wildman–Crippen LogP) is 5.85. The van der Waals surface area contributed by atoms with Gasteiger partial charge in [0.15, 0.2) is 12.3 Å². The number of aromatic hydroxyl groups is 1. The zero-order valence-electron chi connectivity index (χ0n) is 18.3. The molecular formula is C25H25N3O4. The Hall–Kier alpha value is -3.87. The third-order valence-electron chi connectivity index (χ3n) is 5.13. The lowest BCUT2D eigenvalue weighted by atomic mass is 10.1. The monoisotopic (exact) mass is 431 g/mol. The molecule has 0 aliphatic carbocycles.